The van der Waals surface area contributed by atoms with Crippen LogP contribution in [0, 0.1) is 6.92 Å². The van der Waals surface area contributed by atoms with Gasteiger partial charge < -0.3 is 19.1 Å². The van der Waals surface area contributed by atoms with Crippen LogP contribution in [0.2, 0.25) is 5.02 Å². The molecule has 7 heteroatoms. The Morgan fingerprint density at radius 2 is 1.79 bits per heavy atom. The van der Waals surface area contributed by atoms with Crippen LogP contribution in [0.15, 0.2) is 36.4 Å². The first kappa shape index (κ1) is 22.6. The summed E-state index contributed by atoms with van der Waals surface area (Å²) in [6.45, 7) is 5.77. The summed E-state index contributed by atoms with van der Waals surface area (Å²) in [4.78, 5) is 26.2. The Morgan fingerprint density at radius 3 is 2.38 bits per heavy atom. The van der Waals surface area contributed by atoms with Gasteiger partial charge in [-0.2, -0.15) is 0 Å². The minimum atomic E-state index is -0.668. The van der Waals surface area contributed by atoms with Crippen molar-refractivity contribution < 1.29 is 23.8 Å². The van der Waals surface area contributed by atoms with Gasteiger partial charge >= 0.3 is 5.97 Å². The Bertz CT molecular complexity index is 864. The minimum Gasteiger partial charge on any atom is -0.493 e. The van der Waals surface area contributed by atoms with Gasteiger partial charge in [-0.1, -0.05) is 41.4 Å². The minimum absolute atomic E-state index is 0.110. The van der Waals surface area contributed by atoms with E-state index in [4.69, 9.17) is 25.8 Å². The zero-order chi connectivity index (χ0) is 21.6. The largest absolute Gasteiger partial charge is 0.493 e. The van der Waals surface area contributed by atoms with Crippen LogP contribution in [0.4, 0.5) is 0 Å². The lowest BCUT2D eigenvalue weighted by Crippen LogP contribution is -2.30. The Hall–Kier alpha value is -2.73. The van der Waals surface area contributed by atoms with Gasteiger partial charge in [0.05, 0.1) is 23.8 Å². The summed E-state index contributed by atoms with van der Waals surface area (Å²) in [6.07, 6.45) is -0.110. The number of halogens is 1. The molecule has 0 aliphatic carbocycles. The number of rotatable bonds is 8. The molecule has 0 spiro atoms. The number of carbonyl (C=O) groups is 2. The predicted molar refractivity (Wildman–Crippen MR) is 112 cm³/mol. The number of methoxy groups -OCH3 is 1. The van der Waals surface area contributed by atoms with Gasteiger partial charge in [0, 0.05) is 13.6 Å². The summed E-state index contributed by atoms with van der Waals surface area (Å²) in [5.74, 6) is -0.300. The number of ether oxygens (including phenoxy) is 3. The molecule has 0 aromatic heterocycles. The van der Waals surface area contributed by atoms with Crippen LogP contribution in [-0.4, -0.2) is 43.6 Å². The van der Waals surface area contributed by atoms with Gasteiger partial charge in [0.15, 0.2) is 18.1 Å². The third-order valence-corrected chi connectivity index (χ3v) is 4.39. The van der Waals surface area contributed by atoms with E-state index in [-0.39, 0.29) is 29.2 Å². The van der Waals surface area contributed by atoms with Crippen molar-refractivity contribution in [1.82, 2.24) is 4.90 Å². The molecule has 0 fully saturated rings. The Morgan fingerprint density at radius 1 is 1.14 bits per heavy atom. The third-order valence-electron chi connectivity index (χ3n) is 4.11. The van der Waals surface area contributed by atoms with Gasteiger partial charge in [0.25, 0.3) is 5.91 Å². The molecule has 6 nitrogen and oxygen atoms in total. The van der Waals surface area contributed by atoms with Gasteiger partial charge in [-0.3, -0.25) is 4.79 Å². The fourth-order valence-corrected chi connectivity index (χ4v) is 2.82. The Balaban J connectivity index is 1.99. The van der Waals surface area contributed by atoms with E-state index in [1.54, 1.807) is 7.05 Å². The van der Waals surface area contributed by atoms with E-state index in [1.165, 1.54) is 24.1 Å². The van der Waals surface area contributed by atoms with Gasteiger partial charge in [0.2, 0.25) is 0 Å². The number of esters is 1. The van der Waals surface area contributed by atoms with E-state index in [9.17, 15) is 9.59 Å². The molecule has 156 valence electrons. The maximum Gasteiger partial charge on any atom is 0.338 e. The fourth-order valence-electron chi connectivity index (χ4n) is 2.56. The van der Waals surface area contributed by atoms with Crippen molar-refractivity contribution in [3.8, 4) is 11.5 Å². The Labute approximate surface area is 176 Å². The van der Waals surface area contributed by atoms with Crippen LogP contribution < -0.4 is 9.47 Å². The summed E-state index contributed by atoms with van der Waals surface area (Å²) in [7, 11) is 3.12. The highest BCUT2D eigenvalue weighted by Crippen LogP contribution is 2.37. The monoisotopic (exact) mass is 419 g/mol. The highest BCUT2D eigenvalue weighted by atomic mass is 35.5. The first-order valence-corrected chi connectivity index (χ1v) is 9.60. The van der Waals surface area contributed by atoms with Crippen LogP contribution in [0.1, 0.15) is 35.3 Å². The summed E-state index contributed by atoms with van der Waals surface area (Å²) in [5, 5.41) is 0.229. The molecule has 0 radical (unpaired) electrons. The average Bonchev–Trinajstić information content (AvgIpc) is 2.68. The second-order valence-corrected chi connectivity index (χ2v) is 7.37. The maximum atomic E-state index is 12.4. The number of carbonyl (C=O) groups excluding carboxylic acids is 2. The number of hydrogen-bond acceptors (Lipinski definition) is 5. The fraction of sp³-hybridized carbons (Fsp3) is 0.364. The van der Waals surface area contributed by atoms with E-state index >= 15 is 0 Å². The van der Waals surface area contributed by atoms with Gasteiger partial charge in [-0.05, 0) is 38.5 Å². The molecule has 2 aromatic carbocycles. The van der Waals surface area contributed by atoms with E-state index in [2.05, 4.69) is 0 Å². The van der Waals surface area contributed by atoms with Gasteiger partial charge in [-0.15, -0.1) is 0 Å². The second kappa shape index (κ2) is 10.2. The highest BCUT2D eigenvalue weighted by Gasteiger charge is 2.19. The molecule has 0 saturated heterocycles. The molecule has 0 bridgehead atoms. The van der Waals surface area contributed by atoms with Crippen LogP contribution in [0.25, 0.3) is 0 Å². The first-order valence-electron chi connectivity index (χ1n) is 9.22. The number of aryl methyl sites for hydroxylation is 1. The number of likely N-dealkylation sites (N-methyl/N-ethyl adjacent to an activating group) is 1. The number of hydrogen-bond donors (Lipinski definition) is 0. The molecule has 0 heterocycles. The van der Waals surface area contributed by atoms with Crippen molar-refractivity contribution in [2.75, 3.05) is 20.8 Å². The number of nitrogens with zero attached hydrogens (tertiary/aromatic N) is 1. The van der Waals surface area contributed by atoms with Gasteiger partial charge in [-0.25, -0.2) is 4.79 Å². The van der Waals surface area contributed by atoms with Crippen LogP contribution in [-0.2, 0) is 16.1 Å². The maximum absolute atomic E-state index is 12.4. The quantitative estimate of drug-likeness (QED) is 0.598. The molecule has 0 atom stereocenters. The number of amides is 1. The molecule has 0 unspecified atom stereocenters. The van der Waals surface area contributed by atoms with Crippen molar-refractivity contribution in [3.05, 3.63) is 58.1 Å². The van der Waals surface area contributed by atoms with Crippen molar-refractivity contribution in [2.45, 2.75) is 33.4 Å². The van der Waals surface area contributed by atoms with E-state index in [1.807, 2.05) is 45.0 Å². The molecular formula is C22H26ClNO5. The second-order valence-electron chi connectivity index (χ2n) is 6.97. The average molecular weight is 420 g/mol. The normalized spacial score (nSPS) is 10.6. The predicted octanol–water partition coefficient (Wildman–Crippen LogP) is 4.26. The highest BCUT2D eigenvalue weighted by molar-refractivity contribution is 6.32. The molecule has 0 N–H and O–H groups in total. The lowest BCUT2D eigenvalue weighted by atomic mass is 10.1. The van der Waals surface area contributed by atoms with Crippen molar-refractivity contribution in [1.29, 1.82) is 0 Å². The zero-order valence-corrected chi connectivity index (χ0v) is 18.1. The zero-order valence-electron chi connectivity index (χ0n) is 17.3. The van der Waals surface area contributed by atoms with Crippen LogP contribution >= 0.6 is 11.6 Å². The molecule has 1 amide bonds. The Kier molecular flexibility index (Phi) is 7.91. The SMILES string of the molecule is COc1cc(C(=O)OCC(=O)N(C)Cc2ccc(C)cc2)cc(Cl)c1OC(C)C. The topological polar surface area (TPSA) is 65.1 Å². The molecule has 0 saturated carbocycles. The molecule has 0 aliphatic rings. The number of benzene rings is 2. The van der Waals surface area contributed by atoms with Gasteiger partial charge in [0.1, 0.15) is 0 Å². The molecular weight excluding hydrogens is 394 g/mol. The standard InChI is InChI=1S/C22H26ClNO5/c1-14(2)29-21-18(23)10-17(11-19(21)27-5)22(26)28-13-20(25)24(4)12-16-8-6-15(3)7-9-16/h6-11,14H,12-13H2,1-5H3. The lowest BCUT2D eigenvalue weighted by molar-refractivity contribution is -0.133. The summed E-state index contributed by atoms with van der Waals surface area (Å²) in [5.41, 5.74) is 2.32. The third kappa shape index (κ3) is 6.39. The van der Waals surface area contributed by atoms with Crippen LogP contribution in [0.5, 0.6) is 11.5 Å². The molecule has 2 aromatic rings. The summed E-state index contributed by atoms with van der Waals surface area (Å²) >= 11 is 6.23. The molecule has 0 aliphatic heterocycles. The smallest absolute Gasteiger partial charge is 0.338 e. The van der Waals surface area contributed by atoms with Crippen molar-refractivity contribution >= 4 is 23.5 Å². The summed E-state index contributed by atoms with van der Waals surface area (Å²) < 4.78 is 16.0. The van der Waals surface area contributed by atoms with E-state index < -0.39 is 5.97 Å². The summed E-state index contributed by atoms with van der Waals surface area (Å²) in [6, 6.07) is 10.8. The molecule has 29 heavy (non-hydrogen) atoms. The van der Waals surface area contributed by atoms with Crippen molar-refractivity contribution in [3.63, 3.8) is 0 Å². The lowest BCUT2D eigenvalue weighted by Gasteiger charge is -2.18. The van der Waals surface area contributed by atoms with Crippen molar-refractivity contribution in [2.24, 2.45) is 0 Å². The first-order chi connectivity index (χ1) is 13.7. The van der Waals surface area contributed by atoms with E-state index in [0.29, 0.717) is 18.0 Å². The van der Waals surface area contributed by atoms with Crippen LogP contribution in [0.3, 0.4) is 0 Å². The van der Waals surface area contributed by atoms with E-state index in [0.717, 1.165) is 11.1 Å². The molecule has 2 rings (SSSR count).